The Bertz CT molecular complexity index is 1110. The number of nitriles is 1. The van der Waals surface area contributed by atoms with Crippen molar-refractivity contribution in [1.29, 1.82) is 5.26 Å². The van der Waals surface area contributed by atoms with Gasteiger partial charge in [-0.1, -0.05) is 15.9 Å². The Morgan fingerprint density at radius 3 is 2.42 bits per heavy atom. The van der Waals surface area contributed by atoms with Crippen molar-refractivity contribution in [3.8, 4) is 11.8 Å². The first-order valence-corrected chi connectivity index (χ1v) is 9.81. The van der Waals surface area contributed by atoms with Crippen molar-refractivity contribution in [2.75, 3.05) is 12.0 Å². The second-order valence-corrected chi connectivity index (χ2v) is 8.22. The summed E-state index contributed by atoms with van der Waals surface area (Å²) in [6, 6.07) is 8.63. The number of urea groups is 1. The number of amides is 3. The molecule has 0 spiro atoms. The zero-order valence-electron chi connectivity index (χ0n) is 16.7. The molecule has 1 aliphatic rings. The molecule has 3 rings (SSSR count). The van der Waals surface area contributed by atoms with Crippen LogP contribution < -0.4 is 9.64 Å². The van der Waals surface area contributed by atoms with Gasteiger partial charge >= 0.3 is 12.2 Å². The normalized spacial score (nSPS) is 15.9. The van der Waals surface area contributed by atoms with Gasteiger partial charge in [0.2, 0.25) is 0 Å². The summed E-state index contributed by atoms with van der Waals surface area (Å²) in [6.07, 6.45) is -4.81. The Morgan fingerprint density at radius 1 is 1.16 bits per heavy atom. The molecule has 10 heteroatoms. The van der Waals surface area contributed by atoms with E-state index < -0.39 is 34.8 Å². The maximum atomic E-state index is 13.4. The van der Waals surface area contributed by atoms with Crippen molar-refractivity contribution in [3.63, 3.8) is 0 Å². The van der Waals surface area contributed by atoms with Gasteiger partial charge in [-0.2, -0.15) is 18.4 Å². The number of benzene rings is 2. The highest BCUT2D eigenvalue weighted by atomic mass is 79.9. The Morgan fingerprint density at radius 2 is 1.84 bits per heavy atom. The van der Waals surface area contributed by atoms with Crippen LogP contribution in [0.1, 0.15) is 30.5 Å². The van der Waals surface area contributed by atoms with Crippen molar-refractivity contribution in [1.82, 2.24) is 4.90 Å². The highest BCUT2D eigenvalue weighted by molar-refractivity contribution is 9.10. The lowest BCUT2D eigenvalue weighted by Gasteiger charge is -2.28. The molecule has 162 valence electrons. The van der Waals surface area contributed by atoms with E-state index in [1.165, 1.54) is 31.9 Å². The number of halogens is 4. The van der Waals surface area contributed by atoms with Crippen LogP contribution in [0.2, 0.25) is 0 Å². The molecule has 2 aromatic rings. The summed E-state index contributed by atoms with van der Waals surface area (Å²) in [6.45, 7) is 3.07. The largest absolute Gasteiger partial charge is 0.497 e. The summed E-state index contributed by atoms with van der Waals surface area (Å²) in [5, 5.41) is 8.98. The first-order valence-electron chi connectivity index (χ1n) is 9.01. The van der Waals surface area contributed by atoms with Crippen molar-refractivity contribution in [3.05, 3.63) is 57.6 Å². The molecule has 0 saturated carbocycles. The predicted octanol–water partition coefficient (Wildman–Crippen LogP) is 5.10. The molecule has 0 unspecified atom stereocenters. The Kier molecular flexibility index (Phi) is 5.76. The van der Waals surface area contributed by atoms with Crippen molar-refractivity contribution in [2.24, 2.45) is 0 Å². The van der Waals surface area contributed by atoms with Gasteiger partial charge in [-0.25, -0.2) is 9.69 Å². The fourth-order valence-electron chi connectivity index (χ4n) is 3.30. The van der Waals surface area contributed by atoms with Crippen molar-refractivity contribution in [2.45, 2.75) is 32.1 Å². The molecular formula is C21H17BrF3N3O3. The highest BCUT2D eigenvalue weighted by Crippen LogP contribution is 2.38. The fourth-order valence-corrected chi connectivity index (χ4v) is 3.67. The number of nitrogens with zero attached hydrogens (tertiary/aromatic N) is 3. The van der Waals surface area contributed by atoms with Gasteiger partial charge in [-0.3, -0.25) is 4.79 Å². The van der Waals surface area contributed by atoms with Gasteiger partial charge in [0.05, 0.1) is 30.0 Å². The molecule has 2 aromatic carbocycles. The smallest absolute Gasteiger partial charge is 0.417 e. The lowest BCUT2D eigenvalue weighted by atomic mass is 10.0. The number of ether oxygens (including phenoxy) is 1. The zero-order valence-corrected chi connectivity index (χ0v) is 18.3. The molecule has 0 aromatic heterocycles. The van der Waals surface area contributed by atoms with Crippen molar-refractivity contribution >= 4 is 33.6 Å². The summed E-state index contributed by atoms with van der Waals surface area (Å²) in [7, 11) is 1.49. The first kappa shape index (κ1) is 22.6. The van der Waals surface area contributed by atoms with E-state index in [9.17, 15) is 22.8 Å². The monoisotopic (exact) mass is 495 g/mol. The molecule has 0 N–H and O–H groups in total. The number of methoxy groups -OCH3 is 1. The van der Waals surface area contributed by atoms with Gasteiger partial charge in [0.15, 0.2) is 0 Å². The average molecular weight is 496 g/mol. The van der Waals surface area contributed by atoms with Crippen LogP contribution in [0.15, 0.2) is 40.9 Å². The van der Waals surface area contributed by atoms with Gasteiger partial charge in [0.25, 0.3) is 5.91 Å². The quantitative estimate of drug-likeness (QED) is 0.553. The molecule has 1 saturated heterocycles. The number of rotatable bonds is 4. The fraction of sp³-hybridized carbons (Fsp3) is 0.286. The SMILES string of the molecule is COc1ccc(Br)c(CN2C(=O)N(c3ccc(C#N)c(C(F)(F)F)c3)C(=O)C2(C)C)c1. The zero-order chi connectivity index (χ0) is 23.1. The van der Waals surface area contributed by atoms with Gasteiger partial charge < -0.3 is 9.64 Å². The highest BCUT2D eigenvalue weighted by Gasteiger charge is 2.52. The third kappa shape index (κ3) is 3.97. The minimum atomic E-state index is -4.81. The van der Waals surface area contributed by atoms with Crippen LogP contribution in [0, 0.1) is 11.3 Å². The Hall–Kier alpha value is -3.06. The van der Waals surface area contributed by atoms with E-state index in [-0.39, 0.29) is 12.2 Å². The van der Waals surface area contributed by atoms with E-state index in [0.717, 1.165) is 12.1 Å². The number of alkyl halides is 3. The van der Waals surface area contributed by atoms with E-state index in [2.05, 4.69) is 15.9 Å². The van der Waals surface area contributed by atoms with Gasteiger partial charge in [-0.05, 0) is 55.8 Å². The third-order valence-electron chi connectivity index (χ3n) is 5.09. The average Bonchev–Trinajstić information content (AvgIpc) is 2.87. The summed E-state index contributed by atoms with van der Waals surface area (Å²) in [4.78, 5) is 28.2. The van der Waals surface area contributed by atoms with Crippen LogP contribution in [0.3, 0.4) is 0 Å². The molecule has 0 aliphatic carbocycles. The minimum absolute atomic E-state index is 0.0221. The second kappa shape index (κ2) is 7.89. The number of hydrogen-bond donors (Lipinski definition) is 0. The van der Waals surface area contributed by atoms with Gasteiger partial charge in [0.1, 0.15) is 11.3 Å². The van der Waals surface area contributed by atoms with E-state index in [1.807, 2.05) is 0 Å². The van der Waals surface area contributed by atoms with Crippen LogP contribution in [-0.2, 0) is 17.5 Å². The van der Waals surface area contributed by atoms with Gasteiger partial charge in [0, 0.05) is 11.0 Å². The second-order valence-electron chi connectivity index (χ2n) is 7.37. The maximum Gasteiger partial charge on any atom is 0.417 e. The Labute approximate surface area is 184 Å². The standard InChI is InChI=1S/C21H17BrF3N3O3/c1-20(2)18(29)28(14-5-4-12(10-26)16(9-14)21(23,24)25)19(30)27(20)11-13-8-15(31-3)6-7-17(13)22/h4-9H,11H2,1-3H3. The van der Waals surface area contributed by atoms with Crippen LogP contribution in [0.25, 0.3) is 0 Å². The van der Waals surface area contributed by atoms with E-state index in [1.54, 1.807) is 18.2 Å². The molecule has 3 amide bonds. The summed E-state index contributed by atoms with van der Waals surface area (Å²) >= 11 is 3.40. The topological polar surface area (TPSA) is 73.6 Å². The number of carbonyl (C=O) groups is 2. The third-order valence-corrected chi connectivity index (χ3v) is 5.87. The van der Waals surface area contributed by atoms with E-state index in [4.69, 9.17) is 10.00 Å². The van der Waals surface area contributed by atoms with Crippen LogP contribution >= 0.6 is 15.9 Å². The van der Waals surface area contributed by atoms with Crippen LogP contribution in [0.4, 0.5) is 23.7 Å². The van der Waals surface area contributed by atoms with Gasteiger partial charge in [-0.15, -0.1) is 0 Å². The molecule has 1 heterocycles. The lowest BCUT2D eigenvalue weighted by molar-refractivity contribution is -0.137. The number of hydrogen-bond acceptors (Lipinski definition) is 4. The van der Waals surface area contributed by atoms with E-state index >= 15 is 0 Å². The predicted molar refractivity (Wildman–Crippen MR) is 109 cm³/mol. The van der Waals surface area contributed by atoms with E-state index in [0.29, 0.717) is 26.8 Å². The number of anilines is 1. The summed E-state index contributed by atoms with van der Waals surface area (Å²) in [5.41, 5.74) is -2.70. The molecular weight excluding hydrogens is 479 g/mol. The lowest BCUT2D eigenvalue weighted by Crippen LogP contribution is -2.43. The van der Waals surface area contributed by atoms with Crippen molar-refractivity contribution < 1.29 is 27.5 Å². The Balaban J connectivity index is 2.03. The molecule has 0 radical (unpaired) electrons. The molecule has 0 bridgehead atoms. The van der Waals surface area contributed by atoms with Crippen LogP contribution in [-0.4, -0.2) is 29.5 Å². The number of carbonyl (C=O) groups excluding carboxylic acids is 2. The van der Waals surface area contributed by atoms with Crippen LogP contribution in [0.5, 0.6) is 5.75 Å². The summed E-state index contributed by atoms with van der Waals surface area (Å²) in [5.74, 6) is -0.123. The molecule has 1 aliphatic heterocycles. The maximum absolute atomic E-state index is 13.4. The molecule has 0 atom stereocenters. The molecule has 1 fully saturated rings. The first-order chi connectivity index (χ1) is 14.4. The molecule has 31 heavy (non-hydrogen) atoms. The summed E-state index contributed by atoms with van der Waals surface area (Å²) < 4.78 is 46.0. The minimum Gasteiger partial charge on any atom is -0.497 e. The number of imide groups is 1. The molecule has 6 nitrogen and oxygen atoms in total.